The van der Waals surface area contributed by atoms with Crippen LogP contribution in [0, 0.1) is 5.92 Å². The number of nitrogens with one attached hydrogen (secondary N) is 1. The summed E-state index contributed by atoms with van der Waals surface area (Å²) in [5, 5.41) is 11.4. The van der Waals surface area contributed by atoms with Gasteiger partial charge in [-0.1, -0.05) is 12.1 Å². The molecular weight excluding hydrogens is 258 g/mol. The fraction of sp³-hybridized carbons (Fsp3) is 0.533. The van der Waals surface area contributed by atoms with Gasteiger partial charge in [0.15, 0.2) is 0 Å². The van der Waals surface area contributed by atoms with Crippen molar-refractivity contribution < 1.29 is 19.4 Å². The number of amides is 1. The van der Waals surface area contributed by atoms with Gasteiger partial charge in [0.2, 0.25) is 5.91 Å². The van der Waals surface area contributed by atoms with Crippen LogP contribution in [0.15, 0.2) is 24.3 Å². The van der Waals surface area contributed by atoms with E-state index in [1.807, 2.05) is 24.3 Å². The van der Waals surface area contributed by atoms with Crippen LogP contribution >= 0.6 is 0 Å². The second-order valence-electron chi connectivity index (χ2n) is 4.85. The summed E-state index contributed by atoms with van der Waals surface area (Å²) in [7, 11) is 1.64. The molecule has 0 bridgehead atoms. The van der Waals surface area contributed by atoms with E-state index in [4.69, 9.17) is 14.6 Å². The molecule has 2 unspecified atom stereocenters. The molecule has 0 radical (unpaired) electrons. The summed E-state index contributed by atoms with van der Waals surface area (Å²) in [6.45, 7) is 1.25. The van der Waals surface area contributed by atoms with E-state index in [0.717, 1.165) is 12.2 Å². The third-order valence-electron chi connectivity index (χ3n) is 3.45. The van der Waals surface area contributed by atoms with E-state index >= 15 is 0 Å². The molecule has 2 N–H and O–H groups in total. The fourth-order valence-corrected chi connectivity index (χ4v) is 2.25. The van der Waals surface area contributed by atoms with Crippen LogP contribution in [0.1, 0.15) is 17.9 Å². The van der Waals surface area contributed by atoms with E-state index in [0.29, 0.717) is 25.7 Å². The number of methoxy groups -OCH3 is 1. The normalized spacial score (nSPS) is 20.5. The Morgan fingerprint density at radius 3 is 2.75 bits per heavy atom. The fourth-order valence-electron chi connectivity index (χ4n) is 2.25. The zero-order valence-corrected chi connectivity index (χ0v) is 11.7. The quantitative estimate of drug-likeness (QED) is 0.695. The maximum absolute atomic E-state index is 11.9. The van der Waals surface area contributed by atoms with Gasteiger partial charge in [0.1, 0.15) is 5.75 Å². The number of hydrogen-bond donors (Lipinski definition) is 2. The average Bonchev–Trinajstić information content (AvgIpc) is 3.27. The van der Waals surface area contributed by atoms with Crippen molar-refractivity contribution in [2.45, 2.75) is 12.3 Å². The molecule has 1 saturated carbocycles. The van der Waals surface area contributed by atoms with Crippen LogP contribution in [0.5, 0.6) is 5.75 Å². The largest absolute Gasteiger partial charge is 0.497 e. The first kappa shape index (κ1) is 14.8. The van der Waals surface area contributed by atoms with Crippen molar-refractivity contribution in [1.82, 2.24) is 5.32 Å². The van der Waals surface area contributed by atoms with Gasteiger partial charge in [-0.3, -0.25) is 4.79 Å². The van der Waals surface area contributed by atoms with Gasteiger partial charge in [-0.25, -0.2) is 0 Å². The highest BCUT2D eigenvalue weighted by Crippen LogP contribution is 2.47. The zero-order chi connectivity index (χ0) is 14.4. The number of carbonyl (C=O) groups excluding carboxylic acids is 1. The van der Waals surface area contributed by atoms with Crippen LogP contribution in [-0.2, 0) is 9.53 Å². The van der Waals surface area contributed by atoms with E-state index in [9.17, 15) is 4.79 Å². The summed E-state index contributed by atoms with van der Waals surface area (Å²) < 4.78 is 10.2. The van der Waals surface area contributed by atoms with Gasteiger partial charge in [-0.05, 0) is 30.0 Å². The molecule has 1 aliphatic rings. The molecule has 0 heterocycles. The molecule has 5 heteroatoms. The van der Waals surface area contributed by atoms with Crippen molar-refractivity contribution in [1.29, 1.82) is 0 Å². The minimum absolute atomic E-state index is 0.0100. The van der Waals surface area contributed by atoms with Gasteiger partial charge in [-0.15, -0.1) is 0 Å². The molecule has 1 amide bonds. The molecule has 1 aromatic carbocycles. The van der Waals surface area contributed by atoms with E-state index in [1.54, 1.807) is 7.11 Å². The molecule has 2 rings (SSSR count). The molecule has 5 nitrogen and oxygen atoms in total. The predicted molar refractivity (Wildman–Crippen MR) is 74.8 cm³/mol. The SMILES string of the molecule is COc1ccc(C2CC2C(=O)NCCOCCO)cc1. The third-order valence-corrected chi connectivity index (χ3v) is 3.45. The number of hydrogen-bond acceptors (Lipinski definition) is 4. The lowest BCUT2D eigenvalue weighted by Crippen LogP contribution is -2.29. The monoisotopic (exact) mass is 279 g/mol. The third kappa shape index (κ3) is 3.95. The van der Waals surface area contributed by atoms with Crippen molar-refractivity contribution in [3.63, 3.8) is 0 Å². The van der Waals surface area contributed by atoms with Crippen molar-refractivity contribution >= 4 is 5.91 Å². The molecule has 2 atom stereocenters. The van der Waals surface area contributed by atoms with Gasteiger partial charge in [0.05, 0.1) is 26.9 Å². The van der Waals surface area contributed by atoms with Crippen LogP contribution in [0.2, 0.25) is 0 Å². The Bertz CT molecular complexity index is 432. The average molecular weight is 279 g/mol. The maximum atomic E-state index is 11.9. The summed E-state index contributed by atoms with van der Waals surface area (Å²) >= 11 is 0. The standard InChI is InChI=1S/C15H21NO4/c1-19-12-4-2-11(3-5-12)13-10-14(13)15(18)16-6-8-20-9-7-17/h2-5,13-14,17H,6-10H2,1H3,(H,16,18). The second-order valence-corrected chi connectivity index (χ2v) is 4.85. The summed E-state index contributed by atoms with van der Waals surface area (Å²) in [6, 6.07) is 7.87. The van der Waals surface area contributed by atoms with Crippen LogP contribution in [-0.4, -0.2) is 44.5 Å². The Hall–Kier alpha value is -1.59. The molecule has 0 aromatic heterocycles. The summed E-state index contributed by atoms with van der Waals surface area (Å²) in [6.07, 6.45) is 0.898. The van der Waals surface area contributed by atoms with Gasteiger partial charge in [-0.2, -0.15) is 0 Å². The molecule has 110 valence electrons. The zero-order valence-electron chi connectivity index (χ0n) is 11.7. The Balaban J connectivity index is 1.71. The molecule has 20 heavy (non-hydrogen) atoms. The molecule has 0 aliphatic heterocycles. The van der Waals surface area contributed by atoms with Crippen molar-refractivity contribution in [3.05, 3.63) is 29.8 Å². The van der Waals surface area contributed by atoms with Crippen LogP contribution in [0.25, 0.3) is 0 Å². The Kier molecular flexibility index (Phi) is 5.38. The van der Waals surface area contributed by atoms with E-state index in [1.165, 1.54) is 5.56 Å². The minimum Gasteiger partial charge on any atom is -0.497 e. The smallest absolute Gasteiger partial charge is 0.223 e. The lowest BCUT2D eigenvalue weighted by Gasteiger charge is -2.06. The van der Waals surface area contributed by atoms with E-state index in [2.05, 4.69) is 5.32 Å². The first-order valence-corrected chi connectivity index (χ1v) is 6.86. The van der Waals surface area contributed by atoms with E-state index < -0.39 is 0 Å². The van der Waals surface area contributed by atoms with E-state index in [-0.39, 0.29) is 18.4 Å². The number of ether oxygens (including phenoxy) is 2. The van der Waals surface area contributed by atoms with Gasteiger partial charge in [0.25, 0.3) is 0 Å². The molecule has 0 saturated heterocycles. The molecule has 1 aliphatic carbocycles. The van der Waals surface area contributed by atoms with Crippen LogP contribution in [0.4, 0.5) is 0 Å². The summed E-state index contributed by atoms with van der Waals surface area (Å²) in [5.74, 6) is 1.30. The van der Waals surface area contributed by atoms with Gasteiger partial charge < -0.3 is 19.9 Å². The predicted octanol–water partition coefficient (Wildman–Crippen LogP) is 0.924. The number of benzene rings is 1. The van der Waals surface area contributed by atoms with Crippen LogP contribution in [0.3, 0.4) is 0 Å². The van der Waals surface area contributed by atoms with Crippen molar-refractivity contribution in [2.75, 3.05) is 33.5 Å². The molecule has 1 fully saturated rings. The lowest BCUT2D eigenvalue weighted by atomic mass is 10.1. The number of rotatable bonds is 8. The van der Waals surface area contributed by atoms with Gasteiger partial charge >= 0.3 is 0 Å². The minimum atomic E-state index is 0.0100. The number of carbonyl (C=O) groups is 1. The lowest BCUT2D eigenvalue weighted by molar-refractivity contribution is -0.122. The van der Waals surface area contributed by atoms with Crippen molar-refractivity contribution in [3.8, 4) is 5.75 Å². The number of aliphatic hydroxyl groups excluding tert-OH is 1. The summed E-state index contributed by atoms with van der Waals surface area (Å²) in [5.41, 5.74) is 1.18. The van der Waals surface area contributed by atoms with Crippen molar-refractivity contribution in [2.24, 2.45) is 5.92 Å². The van der Waals surface area contributed by atoms with Gasteiger partial charge in [0, 0.05) is 12.5 Å². The highest BCUT2D eigenvalue weighted by atomic mass is 16.5. The second kappa shape index (κ2) is 7.26. The number of aliphatic hydroxyl groups is 1. The molecule has 1 aromatic rings. The summed E-state index contributed by atoms with van der Waals surface area (Å²) in [4.78, 5) is 11.9. The Morgan fingerprint density at radius 1 is 1.35 bits per heavy atom. The maximum Gasteiger partial charge on any atom is 0.223 e. The van der Waals surface area contributed by atoms with Crippen LogP contribution < -0.4 is 10.1 Å². The highest BCUT2D eigenvalue weighted by molar-refractivity contribution is 5.82. The first-order valence-electron chi connectivity index (χ1n) is 6.86. The molecular formula is C15H21NO4. The Labute approximate surface area is 118 Å². The first-order chi connectivity index (χ1) is 9.76. The molecule has 0 spiro atoms. The topological polar surface area (TPSA) is 67.8 Å². The highest BCUT2D eigenvalue weighted by Gasteiger charge is 2.43. The Morgan fingerprint density at radius 2 is 2.10 bits per heavy atom.